The molecule has 1 fully saturated rings. The van der Waals surface area contributed by atoms with Crippen LogP contribution in [0.2, 0.25) is 0 Å². The average Bonchev–Trinajstić information content (AvgIpc) is 2.90. The van der Waals surface area contributed by atoms with Gasteiger partial charge in [0.2, 0.25) is 5.95 Å². The molecule has 2 aromatic rings. The molecule has 1 aliphatic rings. The van der Waals surface area contributed by atoms with Crippen molar-refractivity contribution >= 4 is 23.5 Å². The molecule has 0 spiro atoms. The molecule has 106 valence electrons. The van der Waals surface area contributed by atoms with Gasteiger partial charge >= 0.3 is 0 Å². The average molecular weight is 290 g/mol. The van der Waals surface area contributed by atoms with Crippen molar-refractivity contribution in [3.05, 3.63) is 24.5 Å². The molecule has 2 atom stereocenters. The van der Waals surface area contributed by atoms with Gasteiger partial charge in [0, 0.05) is 42.0 Å². The Balaban J connectivity index is 1.93. The topological polar surface area (TPSA) is 72.9 Å². The van der Waals surface area contributed by atoms with Gasteiger partial charge in [0.05, 0.1) is 0 Å². The lowest BCUT2D eigenvalue weighted by molar-refractivity contribution is 0.715. The predicted octanol–water partition coefficient (Wildman–Crippen LogP) is 1.57. The summed E-state index contributed by atoms with van der Waals surface area (Å²) >= 11 is 2.01. The zero-order valence-electron chi connectivity index (χ0n) is 11.6. The minimum atomic E-state index is 0.284. The van der Waals surface area contributed by atoms with Crippen LogP contribution in [0.4, 0.5) is 11.8 Å². The van der Waals surface area contributed by atoms with Crippen LogP contribution in [0, 0.1) is 0 Å². The highest BCUT2D eigenvalue weighted by Crippen LogP contribution is 2.28. The lowest BCUT2D eigenvalue weighted by atomic mass is 10.3. The first-order valence-electron chi connectivity index (χ1n) is 6.67. The zero-order valence-corrected chi connectivity index (χ0v) is 12.4. The van der Waals surface area contributed by atoms with Crippen molar-refractivity contribution in [2.75, 3.05) is 23.7 Å². The van der Waals surface area contributed by atoms with Crippen molar-refractivity contribution in [3.63, 3.8) is 0 Å². The Morgan fingerprint density at radius 1 is 1.20 bits per heavy atom. The van der Waals surface area contributed by atoms with Crippen LogP contribution in [-0.4, -0.2) is 43.3 Å². The summed E-state index contributed by atoms with van der Waals surface area (Å²) in [4.78, 5) is 10.9. The minimum absolute atomic E-state index is 0.284. The van der Waals surface area contributed by atoms with Crippen LogP contribution >= 0.6 is 11.8 Å². The number of rotatable bonds is 2. The first kappa shape index (κ1) is 13.2. The van der Waals surface area contributed by atoms with E-state index in [1.54, 1.807) is 10.9 Å². The molecule has 3 heterocycles. The molecule has 20 heavy (non-hydrogen) atoms. The monoisotopic (exact) mass is 290 g/mol. The van der Waals surface area contributed by atoms with E-state index >= 15 is 0 Å². The summed E-state index contributed by atoms with van der Waals surface area (Å²) in [6.45, 7) is 6.44. The Labute approximate surface area is 122 Å². The molecule has 0 bridgehead atoms. The van der Waals surface area contributed by atoms with Gasteiger partial charge in [0.25, 0.3) is 0 Å². The van der Waals surface area contributed by atoms with Crippen molar-refractivity contribution in [1.82, 2.24) is 19.7 Å². The molecule has 6 nitrogen and oxygen atoms in total. The third-order valence-corrected chi connectivity index (χ3v) is 4.43. The zero-order chi connectivity index (χ0) is 14.1. The molecule has 0 saturated carbocycles. The highest BCUT2D eigenvalue weighted by atomic mass is 32.2. The maximum Gasteiger partial charge on any atom is 0.224 e. The van der Waals surface area contributed by atoms with Crippen LogP contribution in [0.3, 0.4) is 0 Å². The normalized spacial score (nSPS) is 23.0. The van der Waals surface area contributed by atoms with E-state index in [0.717, 1.165) is 18.9 Å². The molecule has 2 aromatic heterocycles. The molecule has 0 aliphatic carbocycles. The molecule has 0 amide bonds. The first-order valence-corrected chi connectivity index (χ1v) is 7.61. The quantitative estimate of drug-likeness (QED) is 0.905. The molecule has 1 saturated heterocycles. The number of hydrogen-bond acceptors (Lipinski definition) is 6. The molecular weight excluding hydrogens is 272 g/mol. The Bertz CT molecular complexity index is 575. The Morgan fingerprint density at radius 2 is 1.90 bits per heavy atom. The number of hydrogen-bond donors (Lipinski definition) is 1. The van der Waals surface area contributed by atoms with Crippen molar-refractivity contribution in [2.24, 2.45) is 0 Å². The fourth-order valence-electron chi connectivity index (χ4n) is 2.49. The van der Waals surface area contributed by atoms with Crippen LogP contribution < -0.4 is 10.6 Å². The molecule has 2 N–H and O–H groups in total. The van der Waals surface area contributed by atoms with E-state index in [4.69, 9.17) is 5.73 Å². The van der Waals surface area contributed by atoms with Gasteiger partial charge < -0.3 is 10.6 Å². The molecule has 3 rings (SSSR count). The van der Waals surface area contributed by atoms with Gasteiger partial charge in [-0.15, -0.1) is 0 Å². The minimum Gasteiger partial charge on any atom is -0.368 e. The smallest absolute Gasteiger partial charge is 0.224 e. The summed E-state index contributed by atoms with van der Waals surface area (Å²) in [5, 5.41) is 5.36. The summed E-state index contributed by atoms with van der Waals surface area (Å²) in [7, 11) is 0. The van der Waals surface area contributed by atoms with Crippen LogP contribution in [0.15, 0.2) is 24.5 Å². The summed E-state index contributed by atoms with van der Waals surface area (Å²) < 4.78 is 1.70. The fraction of sp³-hybridized carbons (Fsp3) is 0.462. The number of thioether (sulfide) groups is 1. The van der Waals surface area contributed by atoms with E-state index in [1.807, 2.05) is 30.1 Å². The van der Waals surface area contributed by atoms with Gasteiger partial charge in [-0.1, -0.05) is 13.8 Å². The van der Waals surface area contributed by atoms with Crippen molar-refractivity contribution in [1.29, 1.82) is 0 Å². The summed E-state index contributed by atoms with van der Waals surface area (Å²) in [5.41, 5.74) is 5.85. The molecule has 0 radical (unpaired) electrons. The number of nitrogens with two attached hydrogens (primary N) is 1. The van der Waals surface area contributed by atoms with Crippen LogP contribution in [-0.2, 0) is 0 Å². The number of anilines is 2. The van der Waals surface area contributed by atoms with Gasteiger partial charge in [-0.05, 0) is 6.07 Å². The van der Waals surface area contributed by atoms with Gasteiger partial charge in [-0.2, -0.15) is 26.8 Å². The molecule has 7 heteroatoms. The third kappa shape index (κ3) is 2.72. The molecule has 0 unspecified atom stereocenters. The Morgan fingerprint density at radius 3 is 2.55 bits per heavy atom. The van der Waals surface area contributed by atoms with Gasteiger partial charge in [-0.25, -0.2) is 4.68 Å². The van der Waals surface area contributed by atoms with E-state index < -0.39 is 0 Å². The first-order chi connectivity index (χ1) is 9.61. The Hall–Kier alpha value is -1.76. The highest BCUT2D eigenvalue weighted by molar-refractivity contribution is 8.00. The van der Waals surface area contributed by atoms with Crippen LogP contribution in [0.25, 0.3) is 5.82 Å². The largest absolute Gasteiger partial charge is 0.368 e. The summed E-state index contributed by atoms with van der Waals surface area (Å²) in [6, 6.07) is 3.80. The number of nitrogens with zero attached hydrogens (tertiary/aromatic N) is 5. The van der Waals surface area contributed by atoms with Gasteiger partial charge in [0.15, 0.2) is 5.82 Å². The summed E-state index contributed by atoms with van der Waals surface area (Å²) in [6.07, 6.45) is 3.57. The van der Waals surface area contributed by atoms with E-state index in [2.05, 4.69) is 33.8 Å². The highest BCUT2D eigenvalue weighted by Gasteiger charge is 2.24. The molecule has 1 aliphatic heterocycles. The lowest BCUT2D eigenvalue weighted by Gasteiger charge is -2.35. The van der Waals surface area contributed by atoms with E-state index in [0.29, 0.717) is 16.3 Å². The SMILES string of the molecule is C[C@@H]1CN(c2cc(-n3cccn3)nc(N)n2)C[C@H](C)S1. The van der Waals surface area contributed by atoms with Gasteiger partial charge in [-0.3, -0.25) is 0 Å². The van der Waals surface area contributed by atoms with Crippen molar-refractivity contribution < 1.29 is 0 Å². The molecule has 0 aromatic carbocycles. The van der Waals surface area contributed by atoms with Crippen molar-refractivity contribution in [2.45, 2.75) is 24.3 Å². The second kappa shape index (κ2) is 5.32. The van der Waals surface area contributed by atoms with Gasteiger partial charge in [0.1, 0.15) is 5.82 Å². The summed E-state index contributed by atoms with van der Waals surface area (Å²) in [5.74, 6) is 1.87. The number of aromatic nitrogens is 4. The van der Waals surface area contributed by atoms with E-state index in [1.165, 1.54) is 0 Å². The van der Waals surface area contributed by atoms with E-state index in [9.17, 15) is 0 Å². The predicted molar refractivity (Wildman–Crippen MR) is 82.3 cm³/mol. The third-order valence-electron chi connectivity index (χ3n) is 3.20. The second-order valence-corrected chi connectivity index (χ2v) is 6.94. The van der Waals surface area contributed by atoms with Crippen LogP contribution in [0.1, 0.15) is 13.8 Å². The Kier molecular flexibility index (Phi) is 3.52. The van der Waals surface area contributed by atoms with Crippen molar-refractivity contribution in [3.8, 4) is 5.82 Å². The molecular formula is C13H18N6S. The maximum absolute atomic E-state index is 5.85. The second-order valence-electron chi connectivity index (χ2n) is 5.06. The van der Waals surface area contributed by atoms with Crippen LogP contribution in [0.5, 0.6) is 0 Å². The standard InChI is InChI=1S/C13H18N6S/c1-9-7-18(8-10(2)20-9)11-6-12(17-13(14)16-11)19-5-3-4-15-19/h3-6,9-10H,7-8H2,1-2H3,(H2,14,16,17)/t9-,10+. The lowest BCUT2D eigenvalue weighted by Crippen LogP contribution is -2.41. The maximum atomic E-state index is 5.85. The number of nitrogen functional groups attached to an aromatic ring is 1. The fourth-order valence-corrected chi connectivity index (χ4v) is 3.81. The van der Waals surface area contributed by atoms with E-state index in [-0.39, 0.29) is 5.95 Å².